The summed E-state index contributed by atoms with van der Waals surface area (Å²) in [5, 5.41) is 0. The first-order chi connectivity index (χ1) is 8.65. The van der Waals surface area contributed by atoms with Crippen molar-refractivity contribution >= 4 is 17.4 Å². The molecule has 5 heteroatoms. The third-order valence-electron chi connectivity index (χ3n) is 3.01. The molecule has 1 aromatic heterocycles. The highest BCUT2D eigenvalue weighted by Crippen LogP contribution is 2.22. The Hall–Kier alpha value is -1.03. The van der Waals surface area contributed by atoms with E-state index in [-0.39, 0.29) is 0 Å². The van der Waals surface area contributed by atoms with Crippen molar-refractivity contribution in [1.82, 2.24) is 9.97 Å². The average molecular weight is 272 g/mol. The summed E-state index contributed by atoms with van der Waals surface area (Å²) < 4.78 is 5.20. The molecule has 0 saturated carbocycles. The van der Waals surface area contributed by atoms with Gasteiger partial charge >= 0.3 is 0 Å². The van der Waals surface area contributed by atoms with Gasteiger partial charge in [-0.25, -0.2) is 4.98 Å². The molecule has 18 heavy (non-hydrogen) atoms. The summed E-state index contributed by atoms with van der Waals surface area (Å²) in [6.07, 6.45) is 2.14. The summed E-state index contributed by atoms with van der Waals surface area (Å²) in [7, 11) is 1.62. The fourth-order valence-electron chi connectivity index (χ4n) is 2.08. The number of ether oxygens (including phenoxy) is 1. The molecule has 0 spiro atoms. The van der Waals surface area contributed by atoms with Crippen molar-refractivity contribution in [3.8, 4) is 5.88 Å². The first kappa shape index (κ1) is 15.0. The van der Waals surface area contributed by atoms with Crippen LogP contribution in [0.25, 0.3) is 0 Å². The van der Waals surface area contributed by atoms with Gasteiger partial charge in [0.25, 0.3) is 0 Å². The highest BCUT2D eigenvalue weighted by Gasteiger charge is 2.17. The smallest absolute Gasteiger partial charge is 0.218 e. The summed E-state index contributed by atoms with van der Waals surface area (Å²) in [5.41, 5.74) is 0. The van der Waals surface area contributed by atoms with Crippen molar-refractivity contribution in [3.63, 3.8) is 0 Å². The topological polar surface area (TPSA) is 38.2 Å². The summed E-state index contributed by atoms with van der Waals surface area (Å²) in [6.45, 7) is 7.02. The van der Waals surface area contributed by atoms with Gasteiger partial charge in [0.15, 0.2) is 0 Å². The SMILES string of the molecule is CCC(CC)N(CCCl)c1cc(OC)nc(C)n1. The summed E-state index contributed by atoms with van der Waals surface area (Å²) in [4.78, 5) is 10.9. The first-order valence-corrected chi connectivity index (χ1v) is 6.91. The molecule has 0 aromatic carbocycles. The molecular weight excluding hydrogens is 250 g/mol. The normalized spacial score (nSPS) is 10.8. The third-order valence-corrected chi connectivity index (χ3v) is 3.18. The Morgan fingerprint density at radius 3 is 2.50 bits per heavy atom. The molecule has 0 unspecified atom stereocenters. The molecule has 0 aliphatic carbocycles. The number of nitrogens with zero attached hydrogens (tertiary/aromatic N) is 3. The molecular formula is C13H22ClN3O. The van der Waals surface area contributed by atoms with Crippen molar-refractivity contribution in [1.29, 1.82) is 0 Å². The molecule has 0 atom stereocenters. The van der Waals surface area contributed by atoms with Gasteiger partial charge in [-0.2, -0.15) is 4.98 Å². The van der Waals surface area contributed by atoms with E-state index in [1.165, 1.54) is 0 Å². The van der Waals surface area contributed by atoms with Gasteiger partial charge in [-0.05, 0) is 19.8 Å². The van der Waals surface area contributed by atoms with Gasteiger partial charge in [-0.3, -0.25) is 0 Å². The number of hydrogen-bond acceptors (Lipinski definition) is 4. The van der Waals surface area contributed by atoms with E-state index in [1.807, 2.05) is 13.0 Å². The zero-order chi connectivity index (χ0) is 13.5. The van der Waals surface area contributed by atoms with E-state index in [9.17, 15) is 0 Å². The second-order valence-electron chi connectivity index (χ2n) is 4.17. The zero-order valence-electron chi connectivity index (χ0n) is 11.6. The molecule has 0 saturated heterocycles. The number of alkyl halides is 1. The Morgan fingerprint density at radius 2 is 2.00 bits per heavy atom. The average Bonchev–Trinajstić information content (AvgIpc) is 2.38. The maximum atomic E-state index is 5.90. The minimum atomic E-state index is 0.447. The lowest BCUT2D eigenvalue weighted by Crippen LogP contribution is -2.36. The lowest BCUT2D eigenvalue weighted by molar-refractivity contribution is 0.395. The number of aromatic nitrogens is 2. The maximum Gasteiger partial charge on any atom is 0.218 e. The fraction of sp³-hybridized carbons (Fsp3) is 0.692. The lowest BCUT2D eigenvalue weighted by Gasteiger charge is -2.31. The summed E-state index contributed by atoms with van der Waals surface area (Å²) in [5.74, 6) is 2.80. The quantitative estimate of drug-likeness (QED) is 0.715. The Kier molecular flexibility index (Phi) is 6.19. The second-order valence-corrected chi connectivity index (χ2v) is 4.55. The van der Waals surface area contributed by atoms with Crippen LogP contribution in [0, 0.1) is 6.92 Å². The van der Waals surface area contributed by atoms with Crippen LogP contribution in [0.1, 0.15) is 32.5 Å². The van der Waals surface area contributed by atoms with Crippen LogP contribution in [0.4, 0.5) is 5.82 Å². The number of hydrogen-bond donors (Lipinski definition) is 0. The van der Waals surface area contributed by atoms with Crippen molar-refractivity contribution in [2.24, 2.45) is 0 Å². The first-order valence-electron chi connectivity index (χ1n) is 6.38. The Balaban J connectivity index is 3.07. The third kappa shape index (κ3) is 3.73. The van der Waals surface area contributed by atoms with Gasteiger partial charge in [0.1, 0.15) is 11.6 Å². The van der Waals surface area contributed by atoms with Crippen LogP contribution in [-0.2, 0) is 0 Å². The minimum absolute atomic E-state index is 0.447. The molecule has 0 fully saturated rings. The lowest BCUT2D eigenvalue weighted by atomic mass is 10.1. The molecule has 0 amide bonds. The van der Waals surface area contributed by atoms with Gasteiger partial charge in [-0.1, -0.05) is 13.8 Å². The van der Waals surface area contributed by atoms with Crippen LogP contribution in [0.3, 0.4) is 0 Å². The number of halogens is 1. The molecule has 0 radical (unpaired) electrons. The predicted molar refractivity (Wildman–Crippen MR) is 75.8 cm³/mol. The standard InChI is InChI=1S/C13H22ClN3O/c1-5-11(6-2)17(8-7-14)12-9-13(18-4)16-10(3)15-12/h9,11H,5-8H2,1-4H3. The van der Waals surface area contributed by atoms with Crippen LogP contribution in [0.15, 0.2) is 6.07 Å². The van der Waals surface area contributed by atoms with Crippen LogP contribution in [0.2, 0.25) is 0 Å². The van der Waals surface area contributed by atoms with Crippen molar-refractivity contribution in [3.05, 3.63) is 11.9 Å². The fourth-order valence-corrected chi connectivity index (χ4v) is 2.26. The Morgan fingerprint density at radius 1 is 1.33 bits per heavy atom. The molecule has 4 nitrogen and oxygen atoms in total. The molecule has 0 N–H and O–H groups in total. The summed E-state index contributed by atoms with van der Waals surface area (Å²) in [6, 6.07) is 2.32. The van der Waals surface area contributed by atoms with E-state index < -0.39 is 0 Å². The van der Waals surface area contributed by atoms with E-state index in [1.54, 1.807) is 7.11 Å². The molecule has 1 heterocycles. The van der Waals surface area contributed by atoms with Gasteiger partial charge in [0.05, 0.1) is 7.11 Å². The second kappa shape index (κ2) is 7.41. The van der Waals surface area contributed by atoms with Crippen molar-refractivity contribution in [2.45, 2.75) is 39.7 Å². The van der Waals surface area contributed by atoms with Crippen LogP contribution < -0.4 is 9.64 Å². The molecule has 1 rings (SSSR count). The maximum absolute atomic E-state index is 5.90. The number of methoxy groups -OCH3 is 1. The highest BCUT2D eigenvalue weighted by atomic mass is 35.5. The van der Waals surface area contributed by atoms with E-state index in [0.717, 1.165) is 31.0 Å². The monoisotopic (exact) mass is 271 g/mol. The number of aryl methyl sites for hydroxylation is 1. The minimum Gasteiger partial charge on any atom is -0.481 e. The van der Waals surface area contributed by atoms with Gasteiger partial charge < -0.3 is 9.64 Å². The Labute approximate surface area is 114 Å². The number of anilines is 1. The van der Waals surface area contributed by atoms with Crippen LogP contribution >= 0.6 is 11.6 Å². The highest BCUT2D eigenvalue weighted by molar-refractivity contribution is 6.18. The molecule has 1 aromatic rings. The van der Waals surface area contributed by atoms with Crippen LogP contribution in [0.5, 0.6) is 5.88 Å². The molecule has 0 bridgehead atoms. The molecule has 0 aliphatic heterocycles. The molecule has 0 aliphatic rings. The zero-order valence-corrected chi connectivity index (χ0v) is 12.4. The van der Waals surface area contributed by atoms with E-state index in [0.29, 0.717) is 17.8 Å². The predicted octanol–water partition coefficient (Wildman–Crippen LogP) is 3.03. The van der Waals surface area contributed by atoms with E-state index in [2.05, 4.69) is 28.7 Å². The molecule has 102 valence electrons. The Bertz CT molecular complexity index is 369. The van der Waals surface area contributed by atoms with Crippen LogP contribution in [-0.4, -0.2) is 35.5 Å². The van der Waals surface area contributed by atoms with Crippen molar-refractivity contribution < 1.29 is 4.74 Å². The van der Waals surface area contributed by atoms with Gasteiger partial charge in [0, 0.05) is 24.5 Å². The van der Waals surface area contributed by atoms with Gasteiger partial charge in [-0.15, -0.1) is 11.6 Å². The largest absolute Gasteiger partial charge is 0.481 e. The number of rotatable bonds is 7. The van der Waals surface area contributed by atoms with E-state index >= 15 is 0 Å². The summed E-state index contributed by atoms with van der Waals surface area (Å²) >= 11 is 5.90. The van der Waals surface area contributed by atoms with E-state index in [4.69, 9.17) is 16.3 Å². The van der Waals surface area contributed by atoms with Gasteiger partial charge in [0.2, 0.25) is 5.88 Å². The van der Waals surface area contributed by atoms with Crippen molar-refractivity contribution in [2.75, 3.05) is 24.4 Å².